The summed E-state index contributed by atoms with van der Waals surface area (Å²) in [5.41, 5.74) is 7.02. The molecular formula is C20H26N2O. The molecule has 0 heterocycles. The van der Waals surface area contributed by atoms with Crippen LogP contribution in [0.25, 0.3) is 10.8 Å². The molecule has 1 saturated carbocycles. The van der Waals surface area contributed by atoms with E-state index in [1.807, 2.05) is 18.2 Å². The molecule has 3 unspecified atom stereocenters. The van der Waals surface area contributed by atoms with Gasteiger partial charge in [-0.15, -0.1) is 0 Å². The van der Waals surface area contributed by atoms with Crippen LogP contribution in [0.5, 0.6) is 0 Å². The quantitative estimate of drug-likeness (QED) is 0.816. The first kappa shape index (κ1) is 16.0. The van der Waals surface area contributed by atoms with Gasteiger partial charge in [-0.1, -0.05) is 56.7 Å². The minimum atomic E-state index is -0.450. The van der Waals surface area contributed by atoms with E-state index in [1.54, 1.807) is 0 Å². The number of benzene rings is 2. The topological polar surface area (TPSA) is 55.1 Å². The van der Waals surface area contributed by atoms with Crippen molar-refractivity contribution in [2.24, 2.45) is 17.1 Å². The van der Waals surface area contributed by atoms with E-state index in [0.29, 0.717) is 5.92 Å². The highest BCUT2D eigenvalue weighted by Gasteiger charge is 2.50. The Morgan fingerprint density at radius 1 is 1.26 bits per heavy atom. The van der Waals surface area contributed by atoms with Gasteiger partial charge in [-0.2, -0.15) is 0 Å². The number of carbonyl (C=O) groups excluding carboxylic acids is 1. The SMILES string of the molecule is CCC1CCC1(CC)C(=O)NC(N)c1ccc2ccccc2c1. The third-order valence-corrected chi connectivity index (χ3v) is 5.72. The molecule has 1 fully saturated rings. The first-order valence-electron chi connectivity index (χ1n) is 8.66. The fourth-order valence-electron chi connectivity index (χ4n) is 3.99. The highest BCUT2D eigenvalue weighted by molar-refractivity contribution is 5.85. The Morgan fingerprint density at radius 2 is 2.00 bits per heavy atom. The van der Waals surface area contributed by atoms with Gasteiger partial charge in [0.05, 0.1) is 5.41 Å². The van der Waals surface area contributed by atoms with Crippen LogP contribution in [-0.2, 0) is 4.79 Å². The van der Waals surface area contributed by atoms with Gasteiger partial charge in [0.25, 0.3) is 0 Å². The van der Waals surface area contributed by atoms with Crippen molar-refractivity contribution >= 4 is 16.7 Å². The molecule has 3 rings (SSSR count). The zero-order valence-corrected chi connectivity index (χ0v) is 14.0. The molecule has 3 N–H and O–H groups in total. The average molecular weight is 310 g/mol. The highest BCUT2D eigenvalue weighted by atomic mass is 16.2. The van der Waals surface area contributed by atoms with E-state index in [-0.39, 0.29) is 11.3 Å². The summed E-state index contributed by atoms with van der Waals surface area (Å²) in [6, 6.07) is 14.3. The van der Waals surface area contributed by atoms with E-state index < -0.39 is 6.17 Å². The van der Waals surface area contributed by atoms with Crippen LogP contribution in [0.1, 0.15) is 51.3 Å². The molecule has 0 saturated heterocycles. The normalized spacial score (nSPS) is 24.9. The lowest BCUT2D eigenvalue weighted by atomic mass is 9.57. The first-order valence-corrected chi connectivity index (χ1v) is 8.66. The Labute approximate surface area is 138 Å². The van der Waals surface area contributed by atoms with Crippen LogP contribution in [-0.4, -0.2) is 5.91 Å². The lowest BCUT2D eigenvalue weighted by Crippen LogP contribution is -2.53. The summed E-state index contributed by atoms with van der Waals surface area (Å²) < 4.78 is 0. The maximum atomic E-state index is 12.8. The number of amides is 1. The van der Waals surface area contributed by atoms with E-state index in [4.69, 9.17) is 5.73 Å². The molecule has 1 amide bonds. The Bertz CT molecular complexity index is 706. The molecule has 0 bridgehead atoms. The lowest BCUT2D eigenvalue weighted by molar-refractivity contribution is -0.143. The molecule has 3 nitrogen and oxygen atoms in total. The summed E-state index contributed by atoms with van der Waals surface area (Å²) in [5, 5.41) is 5.39. The smallest absolute Gasteiger partial charge is 0.227 e. The summed E-state index contributed by atoms with van der Waals surface area (Å²) >= 11 is 0. The van der Waals surface area contributed by atoms with Gasteiger partial charge >= 0.3 is 0 Å². The van der Waals surface area contributed by atoms with E-state index in [2.05, 4.69) is 43.4 Å². The number of hydrogen-bond acceptors (Lipinski definition) is 2. The summed E-state index contributed by atoms with van der Waals surface area (Å²) in [6.45, 7) is 4.29. The first-order chi connectivity index (χ1) is 11.1. The van der Waals surface area contributed by atoms with Crippen LogP contribution in [0, 0.1) is 11.3 Å². The number of nitrogens with one attached hydrogen (secondary N) is 1. The standard InChI is InChI=1S/C20H26N2O/c1-3-17-11-12-20(17,4-2)19(23)22-18(21)16-10-9-14-7-5-6-8-15(14)13-16/h5-10,13,17-18H,3-4,11-12,21H2,1-2H3,(H,22,23). The molecule has 122 valence electrons. The van der Waals surface area contributed by atoms with Gasteiger partial charge in [0.15, 0.2) is 0 Å². The van der Waals surface area contributed by atoms with Crippen molar-refractivity contribution in [3.8, 4) is 0 Å². The summed E-state index contributed by atoms with van der Waals surface area (Å²) in [4.78, 5) is 12.8. The third kappa shape index (κ3) is 2.74. The molecule has 2 aromatic carbocycles. The van der Waals surface area contributed by atoms with Crippen LogP contribution >= 0.6 is 0 Å². The maximum Gasteiger partial charge on any atom is 0.227 e. The van der Waals surface area contributed by atoms with E-state index in [0.717, 1.165) is 36.6 Å². The van der Waals surface area contributed by atoms with Crippen molar-refractivity contribution in [1.29, 1.82) is 0 Å². The monoisotopic (exact) mass is 310 g/mol. The van der Waals surface area contributed by atoms with Crippen LogP contribution in [0.15, 0.2) is 42.5 Å². The summed E-state index contributed by atoms with van der Waals surface area (Å²) in [6.07, 6.45) is 3.64. The van der Waals surface area contributed by atoms with Crippen molar-refractivity contribution in [3.05, 3.63) is 48.0 Å². The van der Waals surface area contributed by atoms with Crippen molar-refractivity contribution in [2.45, 2.75) is 45.7 Å². The van der Waals surface area contributed by atoms with Gasteiger partial charge in [-0.3, -0.25) is 4.79 Å². The minimum Gasteiger partial charge on any atom is -0.336 e. The Kier molecular flexibility index (Phi) is 4.40. The number of nitrogens with two attached hydrogens (primary N) is 1. The van der Waals surface area contributed by atoms with Crippen molar-refractivity contribution in [1.82, 2.24) is 5.32 Å². The van der Waals surface area contributed by atoms with Crippen molar-refractivity contribution in [3.63, 3.8) is 0 Å². The van der Waals surface area contributed by atoms with Gasteiger partial charge < -0.3 is 11.1 Å². The van der Waals surface area contributed by atoms with Gasteiger partial charge in [0, 0.05) is 0 Å². The van der Waals surface area contributed by atoms with Gasteiger partial charge in [0.1, 0.15) is 6.17 Å². The molecule has 3 heteroatoms. The fraction of sp³-hybridized carbons (Fsp3) is 0.450. The van der Waals surface area contributed by atoms with Crippen LogP contribution in [0.3, 0.4) is 0 Å². The van der Waals surface area contributed by atoms with Crippen LogP contribution < -0.4 is 11.1 Å². The van der Waals surface area contributed by atoms with Crippen molar-refractivity contribution < 1.29 is 4.79 Å². The summed E-state index contributed by atoms with van der Waals surface area (Å²) in [7, 11) is 0. The average Bonchev–Trinajstić information content (AvgIpc) is 2.54. The maximum absolute atomic E-state index is 12.8. The Balaban J connectivity index is 1.77. The minimum absolute atomic E-state index is 0.124. The zero-order chi connectivity index (χ0) is 16.4. The lowest BCUT2D eigenvalue weighted by Gasteiger charge is -2.48. The van der Waals surface area contributed by atoms with Gasteiger partial charge in [-0.25, -0.2) is 0 Å². The Hall–Kier alpha value is -1.87. The number of hydrogen-bond donors (Lipinski definition) is 2. The summed E-state index contributed by atoms with van der Waals surface area (Å²) in [5.74, 6) is 0.620. The molecule has 2 aromatic rings. The predicted octanol–water partition coefficient (Wildman–Crippen LogP) is 4.13. The molecule has 0 aromatic heterocycles. The molecule has 0 aliphatic heterocycles. The second-order valence-corrected chi connectivity index (χ2v) is 6.71. The van der Waals surface area contributed by atoms with E-state index in [1.165, 1.54) is 5.39 Å². The fourth-order valence-corrected chi connectivity index (χ4v) is 3.99. The predicted molar refractivity (Wildman–Crippen MR) is 94.8 cm³/mol. The molecular weight excluding hydrogens is 284 g/mol. The molecule has 3 atom stereocenters. The van der Waals surface area contributed by atoms with E-state index in [9.17, 15) is 4.79 Å². The zero-order valence-electron chi connectivity index (χ0n) is 14.0. The van der Waals surface area contributed by atoms with Crippen LogP contribution in [0.2, 0.25) is 0 Å². The number of fused-ring (bicyclic) bond motifs is 1. The Morgan fingerprint density at radius 3 is 2.61 bits per heavy atom. The van der Waals surface area contributed by atoms with Crippen molar-refractivity contribution in [2.75, 3.05) is 0 Å². The second kappa shape index (κ2) is 6.32. The third-order valence-electron chi connectivity index (χ3n) is 5.72. The number of carbonyl (C=O) groups is 1. The molecule has 1 aliphatic carbocycles. The molecule has 23 heavy (non-hydrogen) atoms. The molecule has 1 aliphatic rings. The molecule has 0 radical (unpaired) electrons. The second-order valence-electron chi connectivity index (χ2n) is 6.71. The van der Waals surface area contributed by atoms with Crippen LogP contribution in [0.4, 0.5) is 0 Å². The largest absolute Gasteiger partial charge is 0.336 e. The van der Waals surface area contributed by atoms with Gasteiger partial charge in [0.2, 0.25) is 5.91 Å². The highest BCUT2D eigenvalue weighted by Crippen LogP contribution is 2.51. The van der Waals surface area contributed by atoms with E-state index >= 15 is 0 Å². The van der Waals surface area contributed by atoms with Gasteiger partial charge in [-0.05, 0) is 47.6 Å². The molecule has 0 spiro atoms. The number of rotatable bonds is 5.